The minimum Gasteiger partial charge on any atom is -0.450 e. The van der Waals surface area contributed by atoms with E-state index >= 15 is 0 Å². The lowest BCUT2D eigenvalue weighted by atomic mass is 10.2. The van der Waals surface area contributed by atoms with Gasteiger partial charge < -0.3 is 4.74 Å². The number of nitrogens with zero attached hydrogens (tertiary/aromatic N) is 2. The van der Waals surface area contributed by atoms with E-state index in [2.05, 4.69) is 20.9 Å². The number of hydrogen-bond acceptors (Lipinski definition) is 4. The van der Waals surface area contributed by atoms with Crippen LogP contribution in [0.15, 0.2) is 34.9 Å². The van der Waals surface area contributed by atoms with Crippen LogP contribution in [0.1, 0.15) is 5.56 Å². The van der Waals surface area contributed by atoms with Crippen LogP contribution >= 0.6 is 27.5 Å². The van der Waals surface area contributed by atoms with Gasteiger partial charge in [-0.2, -0.15) is 0 Å². The summed E-state index contributed by atoms with van der Waals surface area (Å²) in [4.78, 5) is 14.4. The molecule has 0 unspecified atom stereocenters. The van der Waals surface area contributed by atoms with Crippen molar-refractivity contribution < 1.29 is 9.66 Å². The maximum atomic E-state index is 11.0. The standard InChI is InChI=1S/C12H8BrClN2O3/c1-7-4-8(13)5-10(16(17)18)12(7)19-9-2-3-15-11(14)6-9/h2-6H,1H3. The highest BCUT2D eigenvalue weighted by Crippen LogP contribution is 2.37. The second-order valence-electron chi connectivity index (χ2n) is 3.74. The molecule has 0 aliphatic heterocycles. The summed E-state index contributed by atoms with van der Waals surface area (Å²) in [7, 11) is 0. The molecule has 0 aliphatic rings. The number of aromatic nitrogens is 1. The quantitative estimate of drug-likeness (QED) is 0.467. The van der Waals surface area contributed by atoms with Crippen molar-refractivity contribution >= 4 is 33.2 Å². The minimum atomic E-state index is -0.490. The summed E-state index contributed by atoms with van der Waals surface area (Å²) in [5.74, 6) is 0.587. The Labute approximate surface area is 122 Å². The molecule has 0 N–H and O–H groups in total. The first-order valence-corrected chi connectivity index (χ1v) is 6.38. The first-order valence-electron chi connectivity index (χ1n) is 5.21. The number of aryl methyl sites for hydroxylation is 1. The average Bonchev–Trinajstić information content (AvgIpc) is 2.32. The molecule has 98 valence electrons. The predicted molar refractivity (Wildman–Crippen MR) is 74.9 cm³/mol. The largest absolute Gasteiger partial charge is 0.450 e. The minimum absolute atomic E-state index is 0.111. The van der Waals surface area contributed by atoms with Crippen molar-refractivity contribution in [2.45, 2.75) is 6.92 Å². The van der Waals surface area contributed by atoms with Crippen molar-refractivity contribution in [2.75, 3.05) is 0 Å². The Morgan fingerprint density at radius 2 is 2.16 bits per heavy atom. The van der Waals surface area contributed by atoms with E-state index in [0.717, 1.165) is 0 Å². The molecule has 0 aliphatic carbocycles. The zero-order valence-electron chi connectivity index (χ0n) is 9.76. The fourth-order valence-electron chi connectivity index (χ4n) is 1.55. The van der Waals surface area contributed by atoms with E-state index in [1.165, 1.54) is 18.3 Å². The molecule has 1 heterocycles. The lowest BCUT2D eigenvalue weighted by molar-refractivity contribution is -0.385. The van der Waals surface area contributed by atoms with Gasteiger partial charge in [-0.25, -0.2) is 4.98 Å². The molecule has 2 rings (SSSR count). The third kappa shape index (κ3) is 3.21. The number of benzene rings is 1. The molecule has 5 nitrogen and oxygen atoms in total. The molecule has 0 atom stereocenters. The highest BCUT2D eigenvalue weighted by molar-refractivity contribution is 9.10. The molecule has 1 aromatic carbocycles. The maximum absolute atomic E-state index is 11.0. The van der Waals surface area contributed by atoms with E-state index in [-0.39, 0.29) is 16.6 Å². The zero-order chi connectivity index (χ0) is 14.0. The van der Waals surface area contributed by atoms with Gasteiger partial charge >= 0.3 is 5.69 Å². The fourth-order valence-corrected chi connectivity index (χ4v) is 2.27. The van der Waals surface area contributed by atoms with Gasteiger partial charge in [-0.3, -0.25) is 10.1 Å². The van der Waals surface area contributed by atoms with Gasteiger partial charge in [0.15, 0.2) is 0 Å². The van der Waals surface area contributed by atoms with Crippen molar-refractivity contribution in [3.63, 3.8) is 0 Å². The van der Waals surface area contributed by atoms with Gasteiger partial charge in [-0.15, -0.1) is 0 Å². The summed E-state index contributed by atoms with van der Waals surface area (Å²) < 4.78 is 6.17. The first-order chi connectivity index (χ1) is 8.97. The molecule has 0 spiro atoms. The van der Waals surface area contributed by atoms with Gasteiger partial charge in [0.25, 0.3) is 0 Å². The Morgan fingerprint density at radius 1 is 1.42 bits per heavy atom. The van der Waals surface area contributed by atoms with Crippen molar-refractivity contribution in [3.8, 4) is 11.5 Å². The third-order valence-corrected chi connectivity index (χ3v) is 3.00. The summed E-state index contributed by atoms with van der Waals surface area (Å²) in [5, 5.41) is 11.3. The fraction of sp³-hybridized carbons (Fsp3) is 0.0833. The van der Waals surface area contributed by atoms with Crippen molar-refractivity contribution in [3.05, 3.63) is 55.8 Å². The SMILES string of the molecule is Cc1cc(Br)cc([N+](=O)[O-])c1Oc1ccnc(Cl)c1. The molecule has 0 bridgehead atoms. The second kappa shape index (κ2) is 5.54. The lowest BCUT2D eigenvalue weighted by Gasteiger charge is -2.09. The highest BCUT2D eigenvalue weighted by atomic mass is 79.9. The number of nitro benzene ring substituents is 1. The van der Waals surface area contributed by atoms with Crippen LogP contribution in [-0.2, 0) is 0 Å². The van der Waals surface area contributed by atoms with E-state index < -0.39 is 4.92 Å². The maximum Gasteiger partial charge on any atom is 0.312 e. The van der Waals surface area contributed by atoms with E-state index in [4.69, 9.17) is 16.3 Å². The van der Waals surface area contributed by atoms with Crippen molar-refractivity contribution in [1.82, 2.24) is 4.98 Å². The zero-order valence-corrected chi connectivity index (χ0v) is 12.1. The van der Waals surface area contributed by atoms with Crippen molar-refractivity contribution in [2.24, 2.45) is 0 Å². The van der Waals surface area contributed by atoms with Crippen LogP contribution in [0.5, 0.6) is 11.5 Å². The van der Waals surface area contributed by atoms with Crippen molar-refractivity contribution in [1.29, 1.82) is 0 Å². The Morgan fingerprint density at radius 3 is 2.79 bits per heavy atom. The van der Waals surface area contributed by atoms with Crippen LogP contribution in [0.3, 0.4) is 0 Å². The molecular formula is C12H8BrClN2O3. The Balaban J connectivity index is 2.47. The lowest BCUT2D eigenvalue weighted by Crippen LogP contribution is -1.96. The molecule has 7 heteroatoms. The summed E-state index contributed by atoms with van der Waals surface area (Å²) in [5.41, 5.74) is 0.536. The number of halogens is 2. The van der Waals surface area contributed by atoms with Crippen LogP contribution in [0.25, 0.3) is 0 Å². The van der Waals surface area contributed by atoms with E-state index in [0.29, 0.717) is 15.8 Å². The van der Waals surface area contributed by atoms with E-state index in [9.17, 15) is 10.1 Å². The molecule has 0 saturated carbocycles. The van der Waals surface area contributed by atoms with Gasteiger partial charge in [-0.1, -0.05) is 27.5 Å². The first kappa shape index (κ1) is 13.8. The normalized spacial score (nSPS) is 10.3. The van der Waals surface area contributed by atoms with Gasteiger partial charge in [0, 0.05) is 22.8 Å². The monoisotopic (exact) mass is 342 g/mol. The molecule has 19 heavy (non-hydrogen) atoms. The average molecular weight is 344 g/mol. The van der Waals surface area contributed by atoms with E-state index in [1.807, 2.05) is 0 Å². The van der Waals surface area contributed by atoms with Crippen LogP contribution in [0.2, 0.25) is 5.15 Å². The van der Waals surface area contributed by atoms with Crippen LogP contribution in [0, 0.1) is 17.0 Å². The third-order valence-electron chi connectivity index (χ3n) is 2.33. The number of rotatable bonds is 3. The van der Waals surface area contributed by atoms with Gasteiger partial charge in [0.1, 0.15) is 10.9 Å². The molecule has 2 aromatic rings. The van der Waals surface area contributed by atoms with Crippen LogP contribution < -0.4 is 4.74 Å². The second-order valence-corrected chi connectivity index (χ2v) is 5.05. The summed E-state index contributed by atoms with van der Waals surface area (Å²) in [6.07, 6.45) is 1.47. The van der Waals surface area contributed by atoms with E-state index in [1.54, 1.807) is 19.1 Å². The number of pyridine rings is 1. The molecule has 0 radical (unpaired) electrons. The summed E-state index contributed by atoms with van der Waals surface area (Å²) >= 11 is 8.97. The Bertz CT molecular complexity index is 649. The Hall–Kier alpha value is -1.66. The van der Waals surface area contributed by atoms with Gasteiger partial charge in [-0.05, 0) is 24.6 Å². The molecule has 0 fully saturated rings. The molecule has 0 amide bonds. The smallest absolute Gasteiger partial charge is 0.312 e. The molecular weight excluding hydrogens is 336 g/mol. The number of nitro groups is 1. The highest BCUT2D eigenvalue weighted by Gasteiger charge is 2.19. The summed E-state index contributed by atoms with van der Waals surface area (Å²) in [6.45, 7) is 1.73. The predicted octanol–water partition coefficient (Wildman–Crippen LogP) is 4.51. The summed E-state index contributed by atoms with van der Waals surface area (Å²) in [6, 6.07) is 6.21. The van der Waals surface area contributed by atoms with Gasteiger partial charge in [0.2, 0.25) is 5.75 Å². The van der Waals surface area contributed by atoms with Crippen LogP contribution in [0.4, 0.5) is 5.69 Å². The topological polar surface area (TPSA) is 65.3 Å². The van der Waals surface area contributed by atoms with Gasteiger partial charge in [0.05, 0.1) is 4.92 Å². The van der Waals surface area contributed by atoms with Crippen LogP contribution in [-0.4, -0.2) is 9.91 Å². The molecule has 0 saturated heterocycles. The number of ether oxygens (including phenoxy) is 1. The molecule has 1 aromatic heterocycles. The Kier molecular flexibility index (Phi) is 4.01. The number of hydrogen-bond donors (Lipinski definition) is 0.